The lowest BCUT2D eigenvalue weighted by atomic mass is 10.1. The number of hydrogen-bond donors (Lipinski definition) is 2. The van der Waals surface area contributed by atoms with Crippen LogP contribution < -0.4 is 5.32 Å². The molecule has 0 aromatic heterocycles. The summed E-state index contributed by atoms with van der Waals surface area (Å²) in [6, 6.07) is 6.23. The van der Waals surface area contributed by atoms with Gasteiger partial charge in [-0.3, -0.25) is 4.79 Å². The molecule has 0 atom stereocenters. The SMILES string of the molecule is Cc1ccc(C(=O)/C=C(\NCCO)C(F)(F)F)cc1. The number of halogens is 3. The van der Waals surface area contributed by atoms with Crippen molar-refractivity contribution in [1.29, 1.82) is 0 Å². The Morgan fingerprint density at radius 2 is 1.89 bits per heavy atom. The van der Waals surface area contributed by atoms with Gasteiger partial charge in [-0.1, -0.05) is 29.8 Å². The predicted octanol–water partition coefficient (Wildman–Crippen LogP) is 2.21. The first-order valence-corrected chi connectivity index (χ1v) is 5.59. The molecule has 0 aliphatic rings. The zero-order chi connectivity index (χ0) is 14.5. The second-order valence-corrected chi connectivity index (χ2v) is 3.94. The van der Waals surface area contributed by atoms with Crippen molar-refractivity contribution in [2.45, 2.75) is 13.1 Å². The molecule has 0 spiro atoms. The molecule has 0 radical (unpaired) electrons. The third-order valence-corrected chi connectivity index (χ3v) is 2.34. The Morgan fingerprint density at radius 3 is 2.37 bits per heavy atom. The Labute approximate surface area is 108 Å². The summed E-state index contributed by atoms with van der Waals surface area (Å²) in [5.74, 6) is -0.738. The molecule has 1 aromatic carbocycles. The van der Waals surface area contributed by atoms with Crippen LogP contribution in [0.5, 0.6) is 0 Å². The van der Waals surface area contributed by atoms with Gasteiger partial charge in [0.15, 0.2) is 5.78 Å². The number of benzene rings is 1. The third kappa shape index (κ3) is 4.75. The van der Waals surface area contributed by atoms with E-state index >= 15 is 0 Å². The van der Waals surface area contributed by atoms with Gasteiger partial charge in [0.2, 0.25) is 0 Å². The smallest absolute Gasteiger partial charge is 0.395 e. The van der Waals surface area contributed by atoms with Gasteiger partial charge in [0.25, 0.3) is 0 Å². The van der Waals surface area contributed by atoms with E-state index in [0.29, 0.717) is 6.08 Å². The van der Waals surface area contributed by atoms with E-state index in [1.54, 1.807) is 12.1 Å². The highest BCUT2D eigenvalue weighted by molar-refractivity contribution is 6.04. The van der Waals surface area contributed by atoms with Crippen molar-refractivity contribution < 1.29 is 23.1 Å². The second kappa shape index (κ2) is 6.38. The van der Waals surface area contributed by atoms with E-state index in [1.807, 2.05) is 12.2 Å². The van der Waals surface area contributed by atoms with Crippen LogP contribution in [0.15, 0.2) is 36.0 Å². The van der Waals surface area contributed by atoms with Gasteiger partial charge < -0.3 is 10.4 Å². The van der Waals surface area contributed by atoms with Gasteiger partial charge in [-0.25, -0.2) is 0 Å². The number of ketones is 1. The van der Waals surface area contributed by atoms with Gasteiger partial charge in [0.05, 0.1) is 6.61 Å². The largest absolute Gasteiger partial charge is 0.431 e. The highest BCUT2D eigenvalue weighted by Crippen LogP contribution is 2.23. The first-order valence-electron chi connectivity index (χ1n) is 5.59. The van der Waals surface area contributed by atoms with Crippen LogP contribution >= 0.6 is 0 Å². The molecule has 1 aromatic rings. The lowest BCUT2D eigenvalue weighted by Gasteiger charge is -2.13. The zero-order valence-corrected chi connectivity index (χ0v) is 10.3. The van der Waals surface area contributed by atoms with E-state index in [4.69, 9.17) is 5.11 Å². The first-order chi connectivity index (χ1) is 8.84. The zero-order valence-electron chi connectivity index (χ0n) is 10.3. The van der Waals surface area contributed by atoms with Crippen LogP contribution in [0.2, 0.25) is 0 Å². The maximum Gasteiger partial charge on any atom is 0.431 e. The number of alkyl halides is 3. The molecule has 0 heterocycles. The molecule has 0 fully saturated rings. The number of aliphatic hydroxyl groups excluding tert-OH is 1. The molecule has 6 heteroatoms. The van der Waals surface area contributed by atoms with Gasteiger partial charge in [0.1, 0.15) is 5.70 Å². The van der Waals surface area contributed by atoms with E-state index in [-0.39, 0.29) is 12.1 Å². The minimum Gasteiger partial charge on any atom is -0.395 e. The number of aryl methyl sites for hydroxylation is 1. The van der Waals surface area contributed by atoms with E-state index in [9.17, 15) is 18.0 Å². The maximum atomic E-state index is 12.6. The fourth-order valence-corrected chi connectivity index (χ4v) is 1.36. The molecule has 0 unspecified atom stereocenters. The van der Waals surface area contributed by atoms with Crippen LogP contribution in [0, 0.1) is 6.92 Å². The molecule has 0 saturated heterocycles. The predicted molar refractivity (Wildman–Crippen MR) is 64.7 cm³/mol. The summed E-state index contributed by atoms with van der Waals surface area (Å²) in [4.78, 5) is 11.7. The molecule has 2 N–H and O–H groups in total. The summed E-state index contributed by atoms with van der Waals surface area (Å²) < 4.78 is 37.9. The lowest BCUT2D eigenvalue weighted by Crippen LogP contribution is -2.29. The van der Waals surface area contributed by atoms with Crippen LogP contribution in [0.1, 0.15) is 15.9 Å². The van der Waals surface area contributed by atoms with Gasteiger partial charge in [-0.15, -0.1) is 0 Å². The van der Waals surface area contributed by atoms with Crippen LogP contribution in [0.3, 0.4) is 0 Å². The molecule has 0 aliphatic heterocycles. The summed E-state index contributed by atoms with van der Waals surface area (Å²) in [5.41, 5.74) is -0.0692. The van der Waals surface area contributed by atoms with Crippen LogP contribution in [-0.4, -0.2) is 30.2 Å². The Kier molecular flexibility index (Phi) is 5.11. The molecular weight excluding hydrogens is 259 g/mol. The molecule has 104 valence electrons. The molecular formula is C13H14F3NO2. The summed E-state index contributed by atoms with van der Waals surface area (Å²) in [6.45, 7) is 1.09. The van der Waals surface area contributed by atoms with Crippen molar-refractivity contribution >= 4 is 5.78 Å². The second-order valence-electron chi connectivity index (χ2n) is 3.94. The molecule has 0 aliphatic carbocycles. The molecule has 0 amide bonds. The minimum atomic E-state index is -4.66. The van der Waals surface area contributed by atoms with Crippen LogP contribution in [0.25, 0.3) is 0 Å². The number of rotatable bonds is 5. The number of aliphatic hydroxyl groups is 1. The van der Waals surface area contributed by atoms with E-state index < -0.39 is 24.3 Å². The van der Waals surface area contributed by atoms with Crippen molar-refractivity contribution in [3.05, 3.63) is 47.2 Å². The van der Waals surface area contributed by atoms with Crippen molar-refractivity contribution in [3.63, 3.8) is 0 Å². The number of nitrogens with one attached hydrogen (secondary N) is 1. The fraction of sp³-hybridized carbons (Fsp3) is 0.308. The van der Waals surface area contributed by atoms with Crippen molar-refractivity contribution in [2.75, 3.05) is 13.2 Å². The third-order valence-electron chi connectivity index (χ3n) is 2.34. The molecule has 3 nitrogen and oxygen atoms in total. The van der Waals surface area contributed by atoms with E-state index in [0.717, 1.165) is 5.56 Å². The normalized spacial score (nSPS) is 12.4. The Morgan fingerprint density at radius 1 is 1.32 bits per heavy atom. The Hall–Kier alpha value is -1.82. The number of hydrogen-bond acceptors (Lipinski definition) is 3. The fourth-order valence-electron chi connectivity index (χ4n) is 1.36. The highest BCUT2D eigenvalue weighted by Gasteiger charge is 2.34. The average molecular weight is 273 g/mol. The molecule has 1 rings (SSSR count). The summed E-state index contributed by atoms with van der Waals surface area (Å²) in [6.07, 6.45) is -4.16. The number of carbonyl (C=O) groups excluding carboxylic acids is 1. The standard InChI is InChI=1S/C13H14F3NO2/c1-9-2-4-10(5-3-9)11(19)8-12(13(14,15)16)17-6-7-18/h2-5,8,17-18H,6-7H2,1H3/b12-8-. The summed E-state index contributed by atoms with van der Waals surface area (Å²) >= 11 is 0. The summed E-state index contributed by atoms with van der Waals surface area (Å²) in [7, 11) is 0. The topological polar surface area (TPSA) is 49.3 Å². The highest BCUT2D eigenvalue weighted by atomic mass is 19.4. The quantitative estimate of drug-likeness (QED) is 0.638. The lowest BCUT2D eigenvalue weighted by molar-refractivity contribution is -0.0969. The van der Waals surface area contributed by atoms with Gasteiger partial charge >= 0.3 is 6.18 Å². The average Bonchev–Trinajstić information content (AvgIpc) is 2.33. The Bertz CT molecular complexity index is 464. The van der Waals surface area contributed by atoms with Crippen LogP contribution in [-0.2, 0) is 0 Å². The van der Waals surface area contributed by atoms with Crippen molar-refractivity contribution in [1.82, 2.24) is 5.32 Å². The first kappa shape index (κ1) is 15.2. The Balaban J connectivity index is 2.94. The monoisotopic (exact) mass is 273 g/mol. The maximum absolute atomic E-state index is 12.6. The van der Waals surface area contributed by atoms with E-state index in [2.05, 4.69) is 0 Å². The van der Waals surface area contributed by atoms with E-state index in [1.165, 1.54) is 12.1 Å². The van der Waals surface area contributed by atoms with Crippen LogP contribution in [0.4, 0.5) is 13.2 Å². The minimum absolute atomic E-state index is 0.179. The van der Waals surface area contributed by atoms with Gasteiger partial charge in [-0.2, -0.15) is 13.2 Å². The van der Waals surface area contributed by atoms with Gasteiger partial charge in [-0.05, 0) is 6.92 Å². The molecule has 0 bridgehead atoms. The molecule has 0 saturated carbocycles. The summed E-state index contributed by atoms with van der Waals surface area (Å²) in [5, 5.41) is 10.5. The van der Waals surface area contributed by atoms with Crippen molar-refractivity contribution in [3.8, 4) is 0 Å². The van der Waals surface area contributed by atoms with Gasteiger partial charge in [0, 0.05) is 18.2 Å². The molecule has 19 heavy (non-hydrogen) atoms. The number of allylic oxidation sites excluding steroid dienone is 2. The number of carbonyl (C=O) groups is 1. The van der Waals surface area contributed by atoms with Crippen molar-refractivity contribution in [2.24, 2.45) is 0 Å².